The number of ether oxygens (including phenoxy) is 2. The SMILES string of the molecule is C[C@@H](OC(=O)COc1ccc(Cl)cc1)c1nnc(-c2ccc(F)cc2)o1. The average molecular weight is 377 g/mol. The molecule has 1 heterocycles. The molecule has 0 aliphatic carbocycles. The largest absolute Gasteiger partial charge is 0.482 e. The van der Waals surface area contributed by atoms with Crippen molar-refractivity contribution in [2.45, 2.75) is 13.0 Å². The zero-order chi connectivity index (χ0) is 18.5. The highest BCUT2D eigenvalue weighted by atomic mass is 35.5. The summed E-state index contributed by atoms with van der Waals surface area (Å²) in [4.78, 5) is 11.9. The zero-order valence-corrected chi connectivity index (χ0v) is 14.4. The molecule has 0 aliphatic rings. The molecular weight excluding hydrogens is 363 g/mol. The lowest BCUT2D eigenvalue weighted by atomic mass is 10.2. The minimum absolute atomic E-state index is 0.129. The summed E-state index contributed by atoms with van der Waals surface area (Å²) < 4.78 is 28.9. The van der Waals surface area contributed by atoms with Crippen LogP contribution in [0.2, 0.25) is 5.02 Å². The van der Waals surface area contributed by atoms with Crippen LogP contribution in [0.25, 0.3) is 11.5 Å². The summed E-state index contributed by atoms with van der Waals surface area (Å²) >= 11 is 5.78. The number of aromatic nitrogens is 2. The zero-order valence-electron chi connectivity index (χ0n) is 13.7. The second-order valence-corrected chi connectivity index (χ2v) is 5.76. The van der Waals surface area contributed by atoms with Crippen LogP contribution >= 0.6 is 11.6 Å². The van der Waals surface area contributed by atoms with E-state index in [1.165, 1.54) is 24.3 Å². The van der Waals surface area contributed by atoms with Gasteiger partial charge in [0.15, 0.2) is 12.7 Å². The first-order chi connectivity index (χ1) is 12.5. The highest BCUT2D eigenvalue weighted by molar-refractivity contribution is 6.30. The summed E-state index contributed by atoms with van der Waals surface area (Å²) in [6.45, 7) is 1.33. The maximum absolute atomic E-state index is 13.0. The van der Waals surface area contributed by atoms with E-state index < -0.39 is 12.1 Å². The fourth-order valence-corrected chi connectivity index (χ4v) is 2.19. The summed E-state index contributed by atoms with van der Waals surface area (Å²) in [5.41, 5.74) is 0.565. The van der Waals surface area contributed by atoms with Gasteiger partial charge in [0.2, 0.25) is 5.89 Å². The van der Waals surface area contributed by atoms with Gasteiger partial charge < -0.3 is 13.9 Å². The van der Waals surface area contributed by atoms with Crippen LogP contribution in [0.1, 0.15) is 18.9 Å². The van der Waals surface area contributed by atoms with Crippen LogP contribution in [0.3, 0.4) is 0 Å². The Kier molecular flexibility index (Phi) is 5.48. The van der Waals surface area contributed by atoms with Gasteiger partial charge in [-0.3, -0.25) is 0 Å². The van der Waals surface area contributed by atoms with Crippen molar-refractivity contribution < 1.29 is 23.1 Å². The van der Waals surface area contributed by atoms with Gasteiger partial charge in [0.1, 0.15) is 11.6 Å². The van der Waals surface area contributed by atoms with Crippen molar-refractivity contribution in [3.63, 3.8) is 0 Å². The van der Waals surface area contributed by atoms with Crippen molar-refractivity contribution in [3.05, 3.63) is 65.3 Å². The van der Waals surface area contributed by atoms with Crippen LogP contribution in [-0.4, -0.2) is 22.8 Å². The van der Waals surface area contributed by atoms with Gasteiger partial charge >= 0.3 is 5.97 Å². The second kappa shape index (κ2) is 7.97. The second-order valence-electron chi connectivity index (χ2n) is 5.33. The molecule has 3 aromatic rings. The van der Waals surface area contributed by atoms with Crippen LogP contribution in [-0.2, 0) is 9.53 Å². The fraction of sp³-hybridized carbons (Fsp3) is 0.167. The molecule has 0 N–H and O–H groups in total. The number of benzene rings is 2. The number of halogens is 2. The van der Waals surface area contributed by atoms with Crippen molar-refractivity contribution >= 4 is 17.6 Å². The Balaban J connectivity index is 1.55. The van der Waals surface area contributed by atoms with E-state index >= 15 is 0 Å². The minimum Gasteiger partial charge on any atom is -0.482 e. The summed E-state index contributed by atoms with van der Waals surface area (Å²) in [5, 5.41) is 8.30. The Labute approximate surface area is 153 Å². The van der Waals surface area contributed by atoms with Crippen molar-refractivity contribution in [2.75, 3.05) is 6.61 Å². The van der Waals surface area contributed by atoms with Crippen molar-refractivity contribution in [3.8, 4) is 17.2 Å². The molecule has 26 heavy (non-hydrogen) atoms. The van der Waals surface area contributed by atoms with E-state index in [4.69, 9.17) is 25.5 Å². The number of esters is 1. The van der Waals surface area contributed by atoms with Crippen LogP contribution in [0.5, 0.6) is 5.75 Å². The van der Waals surface area contributed by atoms with E-state index in [1.807, 2.05) is 0 Å². The Bertz CT molecular complexity index is 881. The molecule has 0 amide bonds. The number of carbonyl (C=O) groups is 1. The molecule has 0 unspecified atom stereocenters. The van der Waals surface area contributed by atoms with E-state index in [1.54, 1.807) is 31.2 Å². The number of carbonyl (C=O) groups excluding carboxylic acids is 1. The first-order valence-electron chi connectivity index (χ1n) is 7.68. The van der Waals surface area contributed by atoms with Gasteiger partial charge in [-0.2, -0.15) is 0 Å². The van der Waals surface area contributed by atoms with E-state index in [0.717, 1.165) is 0 Å². The van der Waals surface area contributed by atoms with E-state index in [-0.39, 0.29) is 24.2 Å². The Hall–Kier alpha value is -2.93. The summed E-state index contributed by atoms with van der Waals surface area (Å²) in [6.07, 6.45) is -0.752. The Morgan fingerprint density at radius 1 is 1.15 bits per heavy atom. The van der Waals surface area contributed by atoms with Gasteiger partial charge in [-0.15, -0.1) is 10.2 Å². The third-order valence-electron chi connectivity index (χ3n) is 3.36. The fourth-order valence-electron chi connectivity index (χ4n) is 2.06. The van der Waals surface area contributed by atoms with E-state index in [0.29, 0.717) is 16.3 Å². The maximum atomic E-state index is 13.0. The molecule has 0 spiro atoms. The van der Waals surface area contributed by atoms with Crippen LogP contribution in [0.4, 0.5) is 4.39 Å². The van der Waals surface area contributed by atoms with Gasteiger partial charge in [0.05, 0.1) is 0 Å². The molecule has 2 aromatic carbocycles. The van der Waals surface area contributed by atoms with Crippen LogP contribution < -0.4 is 4.74 Å². The van der Waals surface area contributed by atoms with Gasteiger partial charge in [0, 0.05) is 10.6 Å². The summed E-state index contributed by atoms with van der Waals surface area (Å²) in [6, 6.07) is 12.2. The molecule has 1 atom stereocenters. The van der Waals surface area contributed by atoms with E-state index in [9.17, 15) is 9.18 Å². The Morgan fingerprint density at radius 2 is 1.85 bits per heavy atom. The first kappa shape index (κ1) is 17.9. The molecule has 0 fully saturated rings. The molecule has 0 saturated carbocycles. The van der Waals surface area contributed by atoms with Gasteiger partial charge in [-0.1, -0.05) is 11.6 Å². The first-order valence-corrected chi connectivity index (χ1v) is 8.06. The lowest BCUT2D eigenvalue weighted by Crippen LogP contribution is -2.17. The standard InChI is InChI=1S/C18H14ClFN2O4/c1-11(25-16(23)10-24-15-8-4-13(19)5-9-15)17-21-22-18(26-17)12-2-6-14(20)7-3-12/h2-9,11H,10H2,1H3/t11-/m1/s1. The third-order valence-corrected chi connectivity index (χ3v) is 3.61. The molecule has 6 nitrogen and oxygen atoms in total. The molecule has 0 saturated heterocycles. The normalized spacial score (nSPS) is 11.8. The van der Waals surface area contributed by atoms with Crippen molar-refractivity contribution in [1.82, 2.24) is 10.2 Å². The molecule has 1 aromatic heterocycles. The highest BCUT2D eigenvalue weighted by Gasteiger charge is 2.19. The van der Waals surface area contributed by atoms with Gasteiger partial charge in [-0.05, 0) is 55.5 Å². The number of hydrogen-bond donors (Lipinski definition) is 0. The molecule has 134 valence electrons. The van der Waals surface area contributed by atoms with Crippen molar-refractivity contribution in [1.29, 1.82) is 0 Å². The predicted octanol–water partition coefficient (Wildman–Crippen LogP) is 4.21. The molecule has 0 bridgehead atoms. The monoisotopic (exact) mass is 376 g/mol. The Morgan fingerprint density at radius 3 is 2.54 bits per heavy atom. The predicted molar refractivity (Wildman–Crippen MR) is 91.1 cm³/mol. The molecule has 3 rings (SSSR count). The number of rotatable bonds is 6. The number of nitrogens with zero attached hydrogens (tertiary/aromatic N) is 2. The van der Waals surface area contributed by atoms with Crippen LogP contribution in [0, 0.1) is 5.82 Å². The molecule has 0 radical (unpaired) electrons. The molecule has 8 heteroatoms. The lowest BCUT2D eigenvalue weighted by molar-refractivity contribution is -0.152. The molecule has 0 aliphatic heterocycles. The number of hydrogen-bond acceptors (Lipinski definition) is 6. The maximum Gasteiger partial charge on any atom is 0.344 e. The molecular formula is C18H14ClFN2O4. The minimum atomic E-state index is -0.752. The lowest BCUT2D eigenvalue weighted by Gasteiger charge is -2.10. The smallest absolute Gasteiger partial charge is 0.344 e. The van der Waals surface area contributed by atoms with E-state index in [2.05, 4.69) is 10.2 Å². The van der Waals surface area contributed by atoms with Gasteiger partial charge in [0.25, 0.3) is 5.89 Å². The summed E-state index contributed by atoms with van der Waals surface area (Å²) in [7, 11) is 0. The topological polar surface area (TPSA) is 74.5 Å². The third kappa shape index (κ3) is 4.58. The van der Waals surface area contributed by atoms with Crippen LogP contribution in [0.15, 0.2) is 52.9 Å². The quantitative estimate of drug-likeness (QED) is 0.600. The summed E-state index contributed by atoms with van der Waals surface area (Å²) in [5.74, 6) is -0.120. The van der Waals surface area contributed by atoms with Crippen molar-refractivity contribution in [2.24, 2.45) is 0 Å². The van der Waals surface area contributed by atoms with Gasteiger partial charge in [-0.25, -0.2) is 9.18 Å². The highest BCUT2D eigenvalue weighted by Crippen LogP contribution is 2.23. The average Bonchev–Trinajstić information content (AvgIpc) is 3.12.